The van der Waals surface area contributed by atoms with Crippen LogP contribution in [-0.4, -0.2) is 4.98 Å². The quantitative estimate of drug-likeness (QED) is 0.561. The maximum Gasteiger partial charge on any atom is 0.134 e. The van der Waals surface area contributed by atoms with Crippen LogP contribution in [0.25, 0.3) is 0 Å². The molecule has 128 valence electrons. The summed E-state index contributed by atoms with van der Waals surface area (Å²) in [6, 6.07) is 17.8. The fourth-order valence-electron chi connectivity index (χ4n) is 2.36. The van der Waals surface area contributed by atoms with Gasteiger partial charge in [-0.25, -0.2) is 0 Å². The Kier molecular flexibility index (Phi) is 6.45. The third-order valence-electron chi connectivity index (χ3n) is 3.71. The maximum absolute atomic E-state index is 5.89. The van der Waals surface area contributed by atoms with Crippen molar-refractivity contribution in [3.05, 3.63) is 93.2 Å². The number of ether oxygens (including phenoxy) is 1. The molecule has 0 spiro atoms. The van der Waals surface area contributed by atoms with Crippen LogP contribution < -0.4 is 10.1 Å². The molecule has 2 aromatic carbocycles. The monoisotopic (exact) mass is 416 g/mol. The van der Waals surface area contributed by atoms with Gasteiger partial charge in [0.1, 0.15) is 12.4 Å². The molecule has 0 aliphatic heterocycles. The Bertz CT molecular complexity index is 810. The molecule has 0 aliphatic rings. The van der Waals surface area contributed by atoms with Crippen molar-refractivity contribution in [3.8, 4) is 5.75 Å². The number of hydrogen-bond donors (Lipinski definition) is 1. The van der Waals surface area contributed by atoms with E-state index in [0.717, 1.165) is 33.9 Å². The van der Waals surface area contributed by atoms with Gasteiger partial charge in [0.05, 0.1) is 4.47 Å². The van der Waals surface area contributed by atoms with Crippen LogP contribution in [-0.2, 0) is 19.7 Å². The molecule has 0 saturated carbocycles. The van der Waals surface area contributed by atoms with Gasteiger partial charge >= 0.3 is 0 Å². The van der Waals surface area contributed by atoms with Crippen LogP contribution in [0.4, 0.5) is 0 Å². The molecule has 0 amide bonds. The van der Waals surface area contributed by atoms with E-state index in [1.807, 2.05) is 42.5 Å². The highest BCUT2D eigenvalue weighted by Gasteiger charge is 2.04. The lowest BCUT2D eigenvalue weighted by atomic mass is 10.2. The normalized spacial score (nSPS) is 10.6. The van der Waals surface area contributed by atoms with Crippen LogP contribution in [0.15, 0.2) is 71.5 Å². The number of benzene rings is 2. The van der Waals surface area contributed by atoms with Gasteiger partial charge in [-0.3, -0.25) is 4.98 Å². The fourth-order valence-corrected chi connectivity index (χ4v) is 3.03. The third-order valence-corrected chi connectivity index (χ3v) is 4.58. The lowest BCUT2D eigenvalue weighted by molar-refractivity contribution is 0.304. The summed E-state index contributed by atoms with van der Waals surface area (Å²) < 4.78 is 6.82. The van der Waals surface area contributed by atoms with Crippen molar-refractivity contribution in [1.82, 2.24) is 10.3 Å². The van der Waals surface area contributed by atoms with E-state index in [4.69, 9.17) is 16.3 Å². The topological polar surface area (TPSA) is 34.1 Å². The summed E-state index contributed by atoms with van der Waals surface area (Å²) in [5.74, 6) is 0.827. The van der Waals surface area contributed by atoms with Gasteiger partial charge in [0, 0.05) is 30.5 Å². The van der Waals surface area contributed by atoms with Crippen LogP contribution in [0.3, 0.4) is 0 Å². The van der Waals surface area contributed by atoms with E-state index in [1.165, 1.54) is 11.1 Å². The first-order valence-electron chi connectivity index (χ1n) is 7.96. The number of hydrogen-bond acceptors (Lipinski definition) is 3. The summed E-state index contributed by atoms with van der Waals surface area (Å²) in [5, 5.41) is 4.16. The SMILES string of the molecule is Clc1ccc(COc2ccc(CNCc3ccncc3)cc2Br)cc1. The molecule has 5 heteroatoms. The van der Waals surface area contributed by atoms with E-state index in [0.29, 0.717) is 6.61 Å². The molecule has 0 aliphatic carbocycles. The highest BCUT2D eigenvalue weighted by molar-refractivity contribution is 9.10. The molecule has 1 N–H and O–H groups in total. The van der Waals surface area contributed by atoms with Crippen molar-refractivity contribution in [2.24, 2.45) is 0 Å². The lowest BCUT2D eigenvalue weighted by Gasteiger charge is -2.11. The molecule has 0 bridgehead atoms. The molecular weight excluding hydrogens is 400 g/mol. The van der Waals surface area contributed by atoms with Gasteiger partial charge in [0.25, 0.3) is 0 Å². The second-order valence-electron chi connectivity index (χ2n) is 5.64. The van der Waals surface area contributed by atoms with Crippen LogP contribution in [0, 0.1) is 0 Å². The molecule has 3 aromatic rings. The van der Waals surface area contributed by atoms with Crippen molar-refractivity contribution in [2.45, 2.75) is 19.7 Å². The Hall–Kier alpha value is -1.88. The zero-order valence-corrected chi connectivity index (χ0v) is 15.9. The minimum absolute atomic E-state index is 0.509. The Morgan fingerprint density at radius 3 is 2.28 bits per heavy atom. The summed E-state index contributed by atoms with van der Waals surface area (Å²) >= 11 is 9.48. The average molecular weight is 418 g/mol. The van der Waals surface area contributed by atoms with Crippen molar-refractivity contribution in [1.29, 1.82) is 0 Å². The zero-order valence-electron chi connectivity index (χ0n) is 13.6. The standard InChI is InChI=1S/C20H18BrClN2O/c21-19-11-17(13-24-12-15-7-9-23-10-8-15)3-6-20(19)25-14-16-1-4-18(22)5-2-16/h1-11,24H,12-14H2. The highest BCUT2D eigenvalue weighted by atomic mass is 79.9. The number of halogens is 2. The van der Waals surface area contributed by atoms with E-state index in [-0.39, 0.29) is 0 Å². The maximum atomic E-state index is 5.89. The number of aromatic nitrogens is 1. The smallest absolute Gasteiger partial charge is 0.134 e. The minimum Gasteiger partial charge on any atom is -0.488 e. The lowest BCUT2D eigenvalue weighted by Crippen LogP contribution is -2.12. The molecule has 1 heterocycles. The van der Waals surface area contributed by atoms with Gasteiger partial charge in [0.15, 0.2) is 0 Å². The first-order valence-corrected chi connectivity index (χ1v) is 9.13. The minimum atomic E-state index is 0.509. The van der Waals surface area contributed by atoms with Gasteiger partial charge in [-0.05, 0) is 69.0 Å². The molecule has 0 fully saturated rings. The van der Waals surface area contributed by atoms with Crippen LogP contribution in [0.1, 0.15) is 16.7 Å². The summed E-state index contributed by atoms with van der Waals surface area (Å²) in [7, 11) is 0. The molecule has 0 radical (unpaired) electrons. The van der Waals surface area contributed by atoms with E-state index < -0.39 is 0 Å². The van der Waals surface area contributed by atoms with Crippen molar-refractivity contribution in [2.75, 3.05) is 0 Å². The number of rotatable bonds is 7. The molecule has 3 rings (SSSR count). The summed E-state index contributed by atoms with van der Waals surface area (Å²) in [4.78, 5) is 4.02. The predicted octanol–water partition coefficient (Wildman–Crippen LogP) is 5.37. The molecule has 1 aromatic heterocycles. The van der Waals surface area contributed by atoms with Crippen LogP contribution in [0.5, 0.6) is 5.75 Å². The average Bonchev–Trinajstić information content (AvgIpc) is 2.63. The van der Waals surface area contributed by atoms with Gasteiger partial charge in [0.2, 0.25) is 0 Å². The summed E-state index contributed by atoms with van der Waals surface area (Å²) in [5.41, 5.74) is 3.50. The second kappa shape index (κ2) is 8.99. The Labute approximate surface area is 161 Å². The third kappa shape index (κ3) is 5.56. The molecular formula is C20H18BrClN2O. The molecule has 0 atom stereocenters. The summed E-state index contributed by atoms with van der Waals surface area (Å²) in [6.45, 7) is 2.11. The van der Waals surface area contributed by atoms with Crippen molar-refractivity contribution in [3.63, 3.8) is 0 Å². The molecule has 0 unspecified atom stereocenters. The van der Waals surface area contributed by atoms with Gasteiger partial charge in [-0.2, -0.15) is 0 Å². The van der Waals surface area contributed by atoms with Crippen LogP contribution in [0.2, 0.25) is 5.02 Å². The van der Waals surface area contributed by atoms with Gasteiger partial charge < -0.3 is 10.1 Å². The van der Waals surface area contributed by atoms with Crippen LogP contribution >= 0.6 is 27.5 Å². The number of pyridine rings is 1. The molecule has 25 heavy (non-hydrogen) atoms. The highest BCUT2D eigenvalue weighted by Crippen LogP contribution is 2.27. The number of nitrogens with zero attached hydrogens (tertiary/aromatic N) is 1. The first-order chi connectivity index (χ1) is 12.2. The van der Waals surface area contributed by atoms with E-state index in [1.54, 1.807) is 12.4 Å². The Morgan fingerprint density at radius 2 is 1.56 bits per heavy atom. The molecule has 0 saturated heterocycles. The second-order valence-corrected chi connectivity index (χ2v) is 6.93. The predicted molar refractivity (Wildman–Crippen MR) is 105 cm³/mol. The van der Waals surface area contributed by atoms with E-state index >= 15 is 0 Å². The fraction of sp³-hybridized carbons (Fsp3) is 0.150. The van der Waals surface area contributed by atoms with E-state index in [9.17, 15) is 0 Å². The summed E-state index contributed by atoms with van der Waals surface area (Å²) in [6.07, 6.45) is 3.61. The Balaban J connectivity index is 1.52. The van der Waals surface area contributed by atoms with Crippen molar-refractivity contribution >= 4 is 27.5 Å². The molecule has 3 nitrogen and oxygen atoms in total. The zero-order chi connectivity index (χ0) is 17.5. The largest absolute Gasteiger partial charge is 0.488 e. The van der Waals surface area contributed by atoms with E-state index in [2.05, 4.69) is 38.4 Å². The van der Waals surface area contributed by atoms with Crippen molar-refractivity contribution < 1.29 is 4.74 Å². The van der Waals surface area contributed by atoms with Gasteiger partial charge in [-0.1, -0.05) is 29.8 Å². The Morgan fingerprint density at radius 1 is 0.880 bits per heavy atom. The number of nitrogens with one attached hydrogen (secondary N) is 1. The first kappa shape index (κ1) is 17.9. The van der Waals surface area contributed by atoms with Gasteiger partial charge in [-0.15, -0.1) is 0 Å².